The summed E-state index contributed by atoms with van der Waals surface area (Å²) in [7, 11) is 0. The highest BCUT2D eigenvalue weighted by atomic mass is 16.5. The summed E-state index contributed by atoms with van der Waals surface area (Å²) in [5.41, 5.74) is 6.57. The Morgan fingerprint density at radius 1 is 1.44 bits per heavy atom. The molecule has 0 spiro atoms. The number of rotatable bonds is 2. The van der Waals surface area contributed by atoms with E-state index in [0.717, 1.165) is 0 Å². The smallest absolute Gasteiger partial charge is 0.334 e. The van der Waals surface area contributed by atoms with Crippen molar-refractivity contribution in [3.63, 3.8) is 0 Å². The highest BCUT2D eigenvalue weighted by Gasteiger charge is 2.29. The first-order valence-corrected chi connectivity index (χ1v) is 5.57. The fraction of sp³-hybridized carbons (Fsp3) is 0.333. The number of carboxylic acid groups (broad SMARTS) is 1. The molecule has 1 aliphatic heterocycles. The SMILES string of the molecule is Nc1cccc(C(=O)N2CCOC(C(=O)O)C2)c1. The van der Waals surface area contributed by atoms with Gasteiger partial charge in [-0.2, -0.15) is 0 Å². The number of aliphatic carboxylic acids is 1. The Hall–Kier alpha value is -2.08. The van der Waals surface area contributed by atoms with E-state index in [2.05, 4.69) is 0 Å². The van der Waals surface area contributed by atoms with E-state index in [1.165, 1.54) is 4.90 Å². The van der Waals surface area contributed by atoms with E-state index in [1.54, 1.807) is 24.3 Å². The molecule has 0 bridgehead atoms. The van der Waals surface area contributed by atoms with E-state index in [0.29, 0.717) is 17.8 Å². The van der Waals surface area contributed by atoms with Crippen LogP contribution in [0.15, 0.2) is 24.3 Å². The van der Waals surface area contributed by atoms with E-state index in [-0.39, 0.29) is 19.1 Å². The Morgan fingerprint density at radius 2 is 2.22 bits per heavy atom. The van der Waals surface area contributed by atoms with Crippen molar-refractivity contribution < 1.29 is 19.4 Å². The molecule has 0 radical (unpaired) electrons. The first kappa shape index (κ1) is 12.4. The molecule has 0 aromatic heterocycles. The lowest BCUT2D eigenvalue weighted by molar-refractivity contribution is -0.154. The molecule has 3 N–H and O–H groups in total. The molecule has 1 heterocycles. The fourth-order valence-corrected chi connectivity index (χ4v) is 1.84. The first-order valence-electron chi connectivity index (χ1n) is 5.57. The number of amides is 1. The third kappa shape index (κ3) is 2.60. The highest BCUT2D eigenvalue weighted by Crippen LogP contribution is 2.13. The van der Waals surface area contributed by atoms with Gasteiger partial charge in [0.25, 0.3) is 5.91 Å². The van der Waals surface area contributed by atoms with Gasteiger partial charge < -0.3 is 20.5 Å². The van der Waals surface area contributed by atoms with E-state index in [9.17, 15) is 9.59 Å². The number of morpholine rings is 1. The van der Waals surface area contributed by atoms with Crippen LogP contribution in [-0.2, 0) is 9.53 Å². The average molecular weight is 250 g/mol. The minimum Gasteiger partial charge on any atom is -0.479 e. The van der Waals surface area contributed by atoms with Gasteiger partial charge in [-0.25, -0.2) is 4.79 Å². The molecule has 1 amide bonds. The van der Waals surface area contributed by atoms with Crippen LogP contribution in [0.1, 0.15) is 10.4 Å². The van der Waals surface area contributed by atoms with Gasteiger partial charge in [0.2, 0.25) is 0 Å². The molecule has 1 unspecified atom stereocenters. The standard InChI is InChI=1S/C12H14N2O4/c13-9-3-1-2-8(6-9)11(15)14-4-5-18-10(7-14)12(16)17/h1-3,6,10H,4-5,7,13H2,(H,16,17). The van der Waals surface area contributed by atoms with Crippen molar-refractivity contribution in [2.24, 2.45) is 0 Å². The molecule has 18 heavy (non-hydrogen) atoms. The van der Waals surface area contributed by atoms with E-state index < -0.39 is 12.1 Å². The summed E-state index contributed by atoms with van der Waals surface area (Å²) in [6.45, 7) is 0.672. The summed E-state index contributed by atoms with van der Waals surface area (Å²) >= 11 is 0. The third-order valence-corrected chi connectivity index (χ3v) is 2.76. The van der Waals surface area contributed by atoms with Gasteiger partial charge >= 0.3 is 5.97 Å². The molecule has 0 aliphatic carbocycles. The van der Waals surface area contributed by atoms with Crippen molar-refractivity contribution in [1.82, 2.24) is 4.90 Å². The van der Waals surface area contributed by atoms with Crippen LogP contribution in [-0.4, -0.2) is 47.7 Å². The molecule has 6 nitrogen and oxygen atoms in total. The van der Waals surface area contributed by atoms with Gasteiger partial charge in [0.05, 0.1) is 13.2 Å². The number of carbonyl (C=O) groups excluding carboxylic acids is 1. The second-order valence-corrected chi connectivity index (χ2v) is 4.07. The number of anilines is 1. The number of carboxylic acids is 1. The van der Waals surface area contributed by atoms with Crippen molar-refractivity contribution in [3.8, 4) is 0 Å². The van der Waals surface area contributed by atoms with Crippen molar-refractivity contribution in [1.29, 1.82) is 0 Å². The van der Waals surface area contributed by atoms with Crippen LogP contribution < -0.4 is 5.73 Å². The Labute approximate surface area is 104 Å². The summed E-state index contributed by atoms with van der Waals surface area (Å²) in [4.78, 5) is 24.4. The summed E-state index contributed by atoms with van der Waals surface area (Å²) in [5, 5.41) is 8.87. The lowest BCUT2D eigenvalue weighted by atomic mass is 10.1. The quantitative estimate of drug-likeness (QED) is 0.731. The highest BCUT2D eigenvalue weighted by molar-refractivity contribution is 5.95. The largest absolute Gasteiger partial charge is 0.479 e. The maximum atomic E-state index is 12.1. The summed E-state index contributed by atoms with van der Waals surface area (Å²) in [6, 6.07) is 6.62. The summed E-state index contributed by atoms with van der Waals surface area (Å²) in [6.07, 6.45) is -0.955. The fourth-order valence-electron chi connectivity index (χ4n) is 1.84. The number of hydrogen-bond acceptors (Lipinski definition) is 4. The first-order chi connectivity index (χ1) is 8.58. The maximum absolute atomic E-state index is 12.1. The zero-order valence-corrected chi connectivity index (χ0v) is 9.70. The van der Waals surface area contributed by atoms with Crippen LogP contribution in [0.5, 0.6) is 0 Å². The predicted molar refractivity (Wildman–Crippen MR) is 64.1 cm³/mol. The minimum atomic E-state index is -1.06. The van der Waals surface area contributed by atoms with E-state index in [1.807, 2.05) is 0 Å². The molecule has 1 aliphatic rings. The normalized spacial score (nSPS) is 19.6. The van der Waals surface area contributed by atoms with Gasteiger partial charge in [-0.05, 0) is 18.2 Å². The Kier molecular flexibility index (Phi) is 3.47. The monoisotopic (exact) mass is 250 g/mol. The number of nitrogens with two attached hydrogens (primary N) is 1. The Balaban J connectivity index is 2.11. The minimum absolute atomic E-state index is 0.0585. The van der Waals surface area contributed by atoms with Crippen LogP contribution in [0.2, 0.25) is 0 Å². The van der Waals surface area contributed by atoms with Crippen molar-refractivity contribution in [3.05, 3.63) is 29.8 Å². The van der Waals surface area contributed by atoms with Crippen LogP contribution >= 0.6 is 0 Å². The van der Waals surface area contributed by atoms with Crippen molar-refractivity contribution in [2.45, 2.75) is 6.10 Å². The van der Waals surface area contributed by atoms with Crippen LogP contribution in [0, 0.1) is 0 Å². The zero-order chi connectivity index (χ0) is 13.1. The topological polar surface area (TPSA) is 92.9 Å². The molecule has 1 aromatic carbocycles. The molecule has 1 atom stereocenters. The third-order valence-electron chi connectivity index (χ3n) is 2.76. The van der Waals surface area contributed by atoms with Gasteiger partial charge in [0, 0.05) is 17.8 Å². The van der Waals surface area contributed by atoms with Gasteiger partial charge in [-0.15, -0.1) is 0 Å². The van der Waals surface area contributed by atoms with E-state index in [4.69, 9.17) is 15.6 Å². The van der Waals surface area contributed by atoms with E-state index >= 15 is 0 Å². The van der Waals surface area contributed by atoms with Crippen LogP contribution in [0.25, 0.3) is 0 Å². The number of nitrogen functional groups attached to an aromatic ring is 1. The molecule has 1 aromatic rings. The predicted octanol–water partition coefficient (Wildman–Crippen LogP) is 0.194. The van der Waals surface area contributed by atoms with Crippen molar-refractivity contribution in [2.75, 3.05) is 25.4 Å². The van der Waals surface area contributed by atoms with Crippen molar-refractivity contribution >= 4 is 17.6 Å². The second-order valence-electron chi connectivity index (χ2n) is 4.07. The number of carbonyl (C=O) groups is 2. The Bertz CT molecular complexity index is 475. The lowest BCUT2D eigenvalue weighted by Gasteiger charge is -2.30. The molecule has 6 heteroatoms. The molecule has 96 valence electrons. The molecule has 0 saturated carbocycles. The van der Waals surface area contributed by atoms with Gasteiger partial charge in [-0.1, -0.05) is 6.07 Å². The van der Waals surface area contributed by atoms with Gasteiger partial charge in [-0.3, -0.25) is 4.79 Å². The number of nitrogens with zero attached hydrogens (tertiary/aromatic N) is 1. The summed E-state index contributed by atoms with van der Waals surface area (Å²) < 4.78 is 5.06. The van der Waals surface area contributed by atoms with Gasteiger partial charge in [0.15, 0.2) is 6.10 Å². The average Bonchev–Trinajstić information content (AvgIpc) is 2.38. The van der Waals surface area contributed by atoms with Crippen LogP contribution in [0.3, 0.4) is 0 Å². The zero-order valence-electron chi connectivity index (χ0n) is 9.70. The van der Waals surface area contributed by atoms with Crippen LogP contribution in [0.4, 0.5) is 5.69 Å². The molecular weight excluding hydrogens is 236 g/mol. The summed E-state index contributed by atoms with van der Waals surface area (Å²) in [5.74, 6) is -1.28. The molecular formula is C12H14N2O4. The number of hydrogen-bond donors (Lipinski definition) is 2. The molecule has 1 fully saturated rings. The molecule has 2 rings (SSSR count). The maximum Gasteiger partial charge on any atom is 0.334 e. The Morgan fingerprint density at radius 3 is 2.89 bits per heavy atom. The number of ether oxygens (including phenoxy) is 1. The lowest BCUT2D eigenvalue weighted by Crippen LogP contribution is -2.48. The molecule has 1 saturated heterocycles. The second kappa shape index (κ2) is 5.05. The number of benzene rings is 1. The van der Waals surface area contributed by atoms with Gasteiger partial charge in [0.1, 0.15) is 0 Å².